The normalized spacial score (nSPS) is 13.4. The molecule has 13 heavy (non-hydrogen) atoms. The number of hydrogen-bond donors (Lipinski definition) is 1. The van der Waals surface area contributed by atoms with Crippen LogP contribution in [0.25, 0.3) is 11.0 Å². The standard InChI is InChI=1S/C11H12O2/c1-2-10(12)9-7-13-11-6-4-3-5-8(9)11/h3-7,10,12H,2H2,1H3/t10-/m1/s1. The number of aliphatic hydroxyl groups is 1. The van der Waals surface area contributed by atoms with Gasteiger partial charge < -0.3 is 9.52 Å². The van der Waals surface area contributed by atoms with E-state index in [9.17, 15) is 5.11 Å². The monoisotopic (exact) mass is 176 g/mol. The molecule has 1 atom stereocenters. The van der Waals surface area contributed by atoms with Crippen molar-refractivity contribution in [2.75, 3.05) is 0 Å². The van der Waals surface area contributed by atoms with Crippen molar-refractivity contribution >= 4 is 11.0 Å². The van der Waals surface area contributed by atoms with Gasteiger partial charge in [-0.25, -0.2) is 0 Å². The molecule has 2 heteroatoms. The van der Waals surface area contributed by atoms with Crippen LogP contribution in [0.2, 0.25) is 0 Å². The van der Waals surface area contributed by atoms with E-state index in [1.54, 1.807) is 6.26 Å². The second-order valence-corrected chi connectivity index (χ2v) is 3.11. The number of aliphatic hydroxyl groups excluding tert-OH is 1. The van der Waals surface area contributed by atoms with Crippen molar-refractivity contribution in [2.45, 2.75) is 19.4 Å². The maximum absolute atomic E-state index is 9.66. The number of hydrogen-bond acceptors (Lipinski definition) is 2. The Balaban J connectivity index is 2.57. The molecule has 0 aliphatic rings. The van der Waals surface area contributed by atoms with Crippen LogP contribution in [0.4, 0.5) is 0 Å². The minimum absolute atomic E-state index is 0.413. The molecule has 0 amide bonds. The van der Waals surface area contributed by atoms with Crippen molar-refractivity contribution in [3.05, 3.63) is 36.1 Å². The zero-order valence-electron chi connectivity index (χ0n) is 7.53. The van der Waals surface area contributed by atoms with Gasteiger partial charge in [-0.05, 0) is 12.5 Å². The third kappa shape index (κ3) is 1.33. The maximum Gasteiger partial charge on any atom is 0.134 e. The maximum atomic E-state index is 9.66. The van der Waals surface area contributed by atoms with E-state index in [-0.39, 0.29) is 0 Å². The molecular formula is C11H12O2. The zero-order chi connectivity index (χ0) is 9.26. The fraction of sp³-hybridized carbons (Fsp3) is 0.273. The molecule has 1 heterocycles. The van der Waals surface area contributed by atoms with Crippen LogP contribution in [0.3, 0.4) is 0 Å². The molecule has 0 unspecified atom stereocenters. The van der Waals surface area contributed by atoms with Gasteiger partial charge in [0.2, 0.25) is 0 Å². The van der Waals surface area contributed by atoms with E-state index in [4.69, 9.17) is 4.42 Å². The van der Waals surface area contributed by atoms with Gasteiger partial charge in [-0.2, -0.15) is 0 Å². The van der Waals surface area contributed by atoms with Crippen molar-refractivity contribution in [1.29, 1.82) is 0 Å². The Morgan fingerprint density at radius 1 is 1.38 bits per heavy atom. The molecule has 1 aromatic carbocycles. The van der Waals surface area contributed by atoms with E-state index in [2.05, 4.69) is 0 Å². The summed E-state index contributed by atoms with van der Waals surface area (Å²) < 4.78 is 5.31. The predicted molar refractivity (Wildman–Crippen MR) is 51.5 cm³/mol. The molecule has 0 radical (unpaired) electrons. The molecule has 0 fully saturated rings. The lowest BCUT2D eigenvalue weighted by atomic mass is 10.1. The van der Waals surface area contributed by atoms with Crippen molar-refractivity contribution in [3.63, 3.8) is 0 Å². The smallest absolute Gasteiger partial charge is 0.134 e. The number of benzene rings is 1. The zero-order valence-corrected chi connectivity index (χ0v) is 7.53. The second kappa shape index (κ2) is 3.23. The highest BCUT2D eigenvalue weighted by Crippen LogP contribution is 2.27. The highest BCUT2D eigenvalue weighted by molar-refractivity contribution is 5.81. The molecule has 1 aromatic heterocycles. The topological polar surface area (TPSA) is 33.4 Å². The molecule has 0 spiro atoms. The Morgan fingerprint density at radius 2 is 2.15 bits per heavy atom. The Hall–Kier alpha value is -1.28. The fourth-order valence-corrected chi connectivity index (χ4v) is 1.48. The highest BCUT2D eigenvalue weighted by Gasteiger charge is 2.11. The molecule has 0 aliphatic heterocycles. The van der Waals surface area contributed by atoms with Crippen LogP contribution in [0.5, 0.6) is 0 Å². The van der Waals surface area contributed by atoms with Gasteiger partial charge in [-0.15, -0.1) is 0 Å². The molecule has 2 nitrogen and oxygen atoms in total. The van der Waals surface area contributed by atoms with Gasteiger partial charge in [0.05, 0.1) is 12.4 Å². The molecular weight excluding hydrogens is 164 g/mol. The summed E-state index contributed by atoms with van der Waals surface area (Å²) >= 11 is 0. The molecule has 68 valence electrons. The summed E-state index contributed by atoms with van der Waals surface area (Å²) in [6.07, 6.45) is 1.94. The van der Waals surface area contributed by atoms with Crippen molar-refractivity contribution in [3.8, 4) is 0 Å². The van der Waals surface area contributed by atoms with Gasteiger partial charge in [-0.3, -0.25) is 0 Å². The van der Waals surface area contributed by atoms with Crippen LogP contribution in [-0.4, -0.2) is 5.11 Å². The van der Waals surface area contributed by atoms with Crippen molar-refractivity contribution in [2.24, 2.45) is 0 Å². The van der Waals surface area contributed by atoms with Crippen LogP contribution in [0.15, 0.2) is 34.9 Å². The third-order valence-corrected chi connectivity index (χ3v) is 2.26. The van der Waals surface area contributed by atoms with Crippen LogP contribution >= 0.6 is 0 Å². The summed E-state index contributed by atoms with van der Waals surface area (Å²) in [7, 11) is 0. The first-order valence-electron chi connectivity index (χ1n) is 4.47. The number of para-hydroxylation sites is 1. The number of fused-ring (bicyclic) bond motifs is 1. The van der Waals surface area contributed by atoms with Crippen LogP contribution < -0.4 is 0 Å². The van der Waals surface area contributed by atoms with Gasteiger partial charge >= 0.3 is 0 Å². The summed E-state index contributed by atoms with van der Waals surface area (Å²) in [5.74, 6) is 0. The lowest BCUT2D eigenvalue weighted by molar-refractivity contribution is 0.174. The average molecular weight is 176 g/mol. The van der Waals surface area contributed by atoms with E-state index in [0.29, 0.717) is 6.42 Å². The highest BCUT2D eigenvalue weighted by atomic mass is 16.3. The second-order valence-electron chi connectivity index (χ2n) is 3.11. The molecule has 2 aromatic rings. The van der Waals surface area contributed by atoms with Gasteiger partial charge in [0, 0.05) is 10.9 Å². The Morgan fingerprint density at radius 3 is 2.92 bits per heavy atom. The SMILES string of the molecule is CC[C@@H](O)c1coc2ccccc12. The minimum Gasteiger partial charge on any atom is -0.464 e. The first kappa shape index (κ1) is 8.32. The van der Waals surface area contributed by atoms with Crippen molar-refractivity contribution < 1.29 is 9.52 Å². The lowest BCUT2D eigenvalue weighted by Crippen LogP contribution is -1.92. The van der Waals surface area contributed by atoms with Gasteiger partial charge in [-0.1, -0.05) is 25.1 Å². The first-order chi connectivity index (χ1) is 6.33. The van der Waals surface area contributed by atoms with Gasteiger partial charge in [0.15, 0.2) is 0 Å². The molecule has 0 bridgehead atoms. The summed E-state index contributed by atoms with van der Waals surface area (Å²) in [6.45, 7) is 1.95. The van der Waals surface area contributed by atoms with E-state index >= 15 is 0 Å². The van der Waals surface area contributed by atoms with Crippen LogP contribution in [0.1, 0.15) is 25.0 Å². The van der Waals surface area contributed by atoms with Crippen LogP contribution in [-0.2, 0) is 0 Å². The lowest BCUT2D eigenvalue weighted by Gasteiger charge is -2.03. The summed E-state index contributed by atoms with van der Waals surface area (Å²) in [5.41, 5.74) is 1.73. The van der Waals surface area contributed by atoms with E-state index in [1.807, 2.05) is 31.2 Å². The molecule has 0 aliphatic carbocycles. The number of furan rings is 1. The first-order valence-corrected chi connectivity index (χ1v) is 4.47. The molecule has 2 rings (SSSR count). The van der Waals surface area contributed by atoms with Gasteiger partial charge in [0.1, 0.15) is 5.58 Å². The largest absolute Gasteiger partial charge is 0.464 e. The fourth-order valence-electron chi connectivity index (χ4n) is 1.48. The minimum atomic E-state index is -0.413. The Bertz CT molecular complexity index is 403. The van der Waals surface area contributed by atoms with Crippen LogP contribution in [0, 0.1) is 0 Å². The molecule has 0 saturated heterocycles. The Labute approximate surface area is 76.8 Å². The molecule has 1 N–H and O–H groups in total. The van der Waals surface area contributed by atoms with E-state index < -0.39 is 6.10 Å². The van der Waals surface area contributed by atoms with E-state index in [1.165, 1.54) is 0 Å². The number of rotatable bonds is 2. The molecule has 0 saturated carbocycles. The predicted octanol–water partition coefficient (Wildman–Crippen LogP) is 2.88. The van der Waals surface area contributed by atoms with E-state index in [0.717, 1.165) is 16.5 Å². The Kier molecular flexibility index (Phi) is 2.07. The summed E-state index contributed by atoms with van der Waals surface area (Å²) in [4.78, 5) is 0. The quantitative estimate of drug-likeness (QED) is 0.763. The van der Waals surface area contributed by atoms with Crippen molar-refractivity contribution in [1.82, 2.24) is 0 Å². The third-order valence-electron chi connectivity index (χ3n) is 2.26. The summed E-state index contributed by atoms with van der Waals surface area (Å²) in [6, 6.07) is 7.74. The summed E-state index contributed by atoms with van der Waals surface area (Å²) in [5, 5.41) is 10.7. The van der Waals surface area contributed by atoms with Gasteiger partial charge in [0.25, 0.3) is 0 Å². The average Bonchev–Trinajstić information content (AvgIpc) is 2.60.